The largest absolute Gasteiger partial charge is 0.370 e. The van der Waals surface area contributed by atoms with Crippen molar-refractivity contribution in [2.24, 2.45) is 5.73 Å². The highest BCUT2D eigenvalue weighted by Gasteiger charge is 2.11. The van der Waals surface area contributed by atoms with Crippen molar-refractivity contribution in [2.45, 2.75) is 39.7 Å². The smallest absolute Gasteiger partial charge is 0.231 e. The van der Waals surface area contributed by atoms with Crippen molar-refractivity contribution >= 4 is 11.7 Å². The Morgan fingerprint density at radius 2 is 2.20 bits per heavy atom. The fourth-order valence-electron chi connectivity index (χ4n) is 2.03. The molecule has 0 unspecified atom stereocenters. The lowest BCUT2D eigenvalue weighted by Gasteiger charge is -2.21. The molecule has 1 aromatic heterocycles. The molecule has 0 radical (unpaired) electrons. The number of primary amides is 1. The van der Waals surface area contributed by atoms with E-state index in [4.69, 9.17) is 5.73 Å². The zero-order valence-corrected chi connectivity index (χ0v) is 12.6. The molecule has 1 rings (SSSR count). The minimum atomic E-state index is -0.284. The van der Waals surface area contributed by atoms with Crippen LogP contribution in [0.15, 0.2) is 18.3 Å². The van der Waals surface area contributed by atoms with Gasteiger partial charge in [0.05, 0.1) is 6.54 Å². The standard InChI is InChI=1S/C15H26N4O/c1-3-5-10-19(12-14(16)20)11-13-7-6-9-18-15(13)17-8-4-2/h6-7,9H,3-5,8,10-12H2,1-2H3,(H2,16,20)(H,17,18). The molecule has 1 aromatic rings. The summed E-state index contributed by atoms with van der Waals surface area (Å²) in [7, 11) is 0. The Morgan fingerprint density at radius 1 is 1.40 bits per heavy atom. The molecule has 1 amide bonds. The van der Waals surface area contributed by atoms with Crippen LogP contribution < -0.4 is 11.1 Å². The lowest BCUT2D eigenvalue weighted by Crippen LogP contribution is -2.34. The summed E-state index contributed by atoms with van der Waals surface area (Å²) >= 11 is 0. The zero-order valence-electron chi connectivity index (χ0n) is 12.6. The number of hydrogen-bond acceptors (Lipinski definition) is 4. The Morgan fingerprint density at radius 3 is 2.85 bits per heavy atom. The number of unbranched alkanes of at least 4 members (excludes halogenated alkanes) is 1. The number of pyridine rings is 1. The maximum atomic E-state index is 11.2. The van der Waals surface area contributed by atoms with Gasteiger partial charge in [-0.15, -0.1) is 0 Å². The predicted octanol–water partition coefficient (Wildman–Crippen LogP) is 1.99. The molecule has 1 heterocycles. The van der Waals surface area contributed by atoms with E-state index in [1.54, 1.807) is 6.20 Å². The van der Waals surface area contributed by atoms with E-state index in [0.29, 0.717) is 13.1 Å². The average Bonchev–Trinajstić information content (AvgIpc) is 2.43. The summed E-state index contributed by atoms with van der Waals surface area (Å²) in [6.45, 7) is 7.03. The fourth-order valence-corrected chi connectivity index (χ4v) is 2.03. The summed E-state index contributed by atoms with van der Waals surface area (Å²) in [5, 5.41) is 3.32. The minimum Gasteiger partial charge on any atom is -0.370 e. The molecule has 0 aliphatic heterocycles. The Hall–Kier alpha value is -1.62. The monoisotopic (exact) mass is 278 g/mol. The molecular formula is C15H26N4O. The molecule has 5 heteroatoms. The highest BCUT2D eigenvalue weighted by atomic mass is 16.1. The van der Waals surface area contributed by atoms with Crippen LogP contribution in [0.25, 0.3) is 0 Å². The first-order chi connectivity index (χ1) is 9.67. The van der Waals surface area contributed by atoms with Gasteiger partial charge < -0.3 is 11.1 Å². The van der Waals surface area contributed by atoms with Crippen LogP contribution in [0.3, 0.4) is 0 Å². The van der Waals surface area contributed by atoms with Gasteiger partial charge >= 0.3 is 0 Å². The third-order valence-corrected chi connectivity index (χ3v) is 3.04. The van der Waals surface area contributed by atoms with E-state index < -0.39 is 0 Å². The molecule has 112 valence electrons. The molecule has 3 N–H and O–H groups in total. The van der Waals surface area contributed by atoms with Crippen LogP contribution in [0.1, 0.15) is 38.7 Å². The van der Waals surface area contributed by atoms with Gasteiger partial charge in [-0.1, -0.05) is 26.3 Å². The third kappa shape index (κ3) is 6.02. The molecular weight excluding hydrogens is 252 g/mol. The quantitative estimate of drug-likeness (QED) is 0.686. The van der Waals surface area contributed by atoms with E-state index in [1.807, 2.05) is 12.1 Å². The van der Waals surface area contributed by atoms with Crippen molar-refractivity contribution in [3.63, 3.8) is 0 Å². The molecule has 0 aliphatic carbocycles. The number of hydrogen-bond donors (Lipinski definition) is 2. The minimum absolute atomic E-state index is 0.284. The number of anilines is 1. The van der Waals surface area contributed by atoms with Crippen LogP contribution in [0.5, 0.6) is 0 Å². The highest BCUT2D eigenvalue weighted by molar-refractivity contribution is 5.75. The normalized spacial score (nSPS) is 10.8. The Bertz CT molecular complexity index is 409. The van der Waals surface area contributed by atoms with Gasteiger partial charge in [-0.25, -0.2) is 4.98 Å². The van der Waals surface area contributed by atoms with Crippen molar-refractivity contribution in [3.8, 4) is 0 Å². The lowest BCUT2D eigenvalue weighted by atomic mass is 10.2. The summed E-state index contributed by atoms with van der Waals surface area (Å²) in [4.78, 5) is 17.6. The summed E-state index contributed by atoms with van der Waals surface area (Å²) < 4.78 is 0. The first-order valence-electron chi connectivity index (χ1n) is 7.35. The first-order valence-corrected chi connectivity index (χ1v) is 7.35. The van der Waals surface area contributed by atoms with Gasteiger partial charge in [0.25, 0.3) is 0 Å². The number of carbonyl (C=O) groups is 1. The second kappa shape index (κ2) is 9.31. The molecule has 0 atom stereocenters. The molecule has 0 spiro atoms. The number of nitrogens with two attached hydrogens (primary N) is 1. The SMILES string of the molecule is CCCCN(CC(N)=O)Cc1cccnc1NCCC. The van der Waals surface area contributed by atoms with Crippen LogP contribution in [0.4, 0.5) is 5.82 Å². The third-order valence-electron chi connectivity index (χ3n) is 3.04. The van der Waals surface area contributed by atoms with Crippen molar-refractivity contribution in [1.29, 1.82) is 0 Å². The number of aromatic nitrogens is 1. The second-order valence-corrected chi connectivity index (χ2v) is 4.97. The van der Waals surface area contributed by atoms with Crippen LogP contribution >= 0.6 is 0 Å². The Balaban J connectivity index is 2.72. The van der Waals surface area contributed by atoms with Gasteiger partial charge in [0.1, 0.15) is 5.82 Å². The zero-order chi connectivity index (χ0) is 14.8. The fraction of sp³-hybridized carbons (Fsp3) is 0.600. The molecule has 20 heavy (non-hydrogen) atoms. The van der Waals surface area contributed by atoms with Gasteiger partial charge in [-0.2, -0.15) is 0 Å². The van der Waals surface area contributed by atoms with Gasteiger partial charge in [-0.3, -0.25) is 9.69 Å². The van der Waals surface area contributed by atoms with E-state index in [-0.39, 0.29) is 5.91 Å². The van der Waals surface area contributed by atoms with Crippen molar-refractivity contribution < 1.29 is 4.79 Å². The topological polar surface area (TPSA) is 71.2 Å². The molecule has 0 aromatic carbocycles. The van der Waals surface area contributed by atoms with Gasteiger partial charge in [-0.05, 0) is 25.5 Å². The van der Waals surface area contributed by atoms with E-state index in [2.05, 4.69) is 29.0 Å². The molecule has 5 nitrogen and oxygen atoms in total. The van der Waals surface area contributed by atoms with Crippen LogP contribution in [-0.4, -0.2) is 35.4 Å². The van der Waals surface area contributed by atoms with Crippen LogP contribution in [0.2, 0.25) is 0 Å². The van der Waals surface area contributed by atoms with Crippen molar-refractivity contribution in [2.75, 3.05) is 25.0 Å². The summed E-state index contributed by atoms with van der Waals surface area (Å²) in [5.41, 5.74) is 6.43. The van der Waals surface area contributed by atoms with E-state index in [0.717, 1.165) is 43.7 Å². The van der Waals surface area contributed by atoms with Crippen molar-refractivity contribution in [3.05, 3.63) is 23.9 Å². The van der Waals surface area contributed by atoms with Crippen LogP contribution in [0, 0.1) is 0 Å². The summed E-state index contributed by atoms with van der Waals surface area (Å²) in [6, 6.07) is 3.97. The number of rotatable bonds is 10. The molecule has 0 aliphatic rings. The maximum absolute atomic E-state index is 11.2. The van der Waals surface area contributed by atoms with E-state index >= 15 is 0 Å². The highest BCUT2D eigenvalue weighted by Crippen LogP contribution is 2.14. The average molecular weight is 278 g/mol. The predicted molar refractivity (Wildman–Crippen MR) is 82.4 cm³/mol. The molecule has 0 bridgehead atoms. The summed E-state index contributed by atoms with van der Waals surface area (Å²) in [5.74, 6) is 0.619. The summed E-state index contributed by atoms with van der Waals surface area (Å²) in [6.07, 6.45) is 5.00. The molecule has 0 saturated heterocycles. The van der Waals surface area contributed by atoms with E-state index in [1.165, 1.54) is 0 Å². The van der Waals surface area contributed by atoms with Gasteiger partial charge in [0.15, 0.2) is 0 Å². The number of carbonyl (C=O) groups excluding carboxylic acids is 1. The molecule has 0 fully saturated rings. The number of amides is 1. The Kier molecular flexibility index (Phi) is 7.65. The second-order valence-electron chi connectivity index (χ2n) is 4.97. The Labute approximate surface area is 121 Å². The number of nitrogens with one attached hydrogen (secondary N) is 1. The number of nitrogens with zero attached hydrogens (tertiary/aromatic N) is 2. The van der Waals surface area contributed by atoms with Gasteiger partial charge in [0.2, 0.25) is 5.91 Å². The van der Waals surface area contributed by atoms with Crippen molar-refractivity contribution in [1.82, 2.24) is 9.88 Å². The molecule has 0 saturated carbocycles. The van der Waals surface area contributed by atoms with Crippen LogP contribution in [-0.2, 0) is 11.3 Å². The van der Waals surface area contributed by atoms with Gasteiger partial charge in [0, 0.05) is 24.8 Å². The maximum Gasteiger partial charge on any atom is 0.231 e. The lowest BCUT2D eigenvalue weighted by molar-refractivity contribution is -0.119. The van der Waals surface area contributed by atoms with E-state index in [9.17, 15) is 4.79 Å². The first kappa shape index (κ1) is 16.4.